The molecule has 6 heteroatoms. The van der Waals surface area contributed by atoms with Crippen LogP contribution in [0.4, 0.5) is 0 Å². The van der Waals surface area contributed by atoms with E-state index in [9.17, 15) is 13.5 Å². The van der Waals surface area contributed by atoms with Crippen LogP contribution in [-0.4, -0.2) is 36.9 Å². The van der Waals surface area contributed by atoms with Crippen LogP contribution in [0.3, 0.4) is 0 Å². The SMILES string of the molecule is Cc1ccc(S(=O)(=O)OCC2(O)CC(O)C2)cc1. The van der Waals surface area contributed by atoms with Gasteiger partial charge in [-0.1, -0.05) is 17.7 Å². The van der Waals surface area contributed by atoms with Crippen molar-refractivity contribution in [2.75, 3.05) is 6.61 Å². The topological polar surface area (TPSA) is 83.8 Å². The summed E-state index contributed by atoms with van der Waals surface area (Å²) in [4.78, 5) is 0.0663. The Kier molecular flexibility index (Phi) is 3.46. The Morgan fingerprint density at radius 1 is 1.33 bits per heavy atom. The summed E-state index contributed by atoms with van der Waals surface area (Å²) in [5, 5.41) is 18.9. The maximum absolute atomic E-state index is 11.8. The van der Waals surface area contributed by atoms with E-state index in [2.05, 4.69) is 0 Å². The highest BCUT2D eigenvalue weighted by Gasteiger charge is 2.43. The maximum atomic E-state index is 11.8. The van der Waals surface area contributed by atoms with Crippen molar-refractivity contribution in [3.05, 3.63) is 29.8 Å². The molecule has 2 N–H and O–H groups in total. The Bertz CT molecular complexity index is 514. The summed E-state index contributed by atoms with van der Waals surface area (Å²) >= 11 is 0. The van der Waals surface area contributed by atoms with Crippen molar-refractivity contribution in [1.29, 1.82) is 0 Å². The van der Waals surface area contributed by atoms with Gasteiger partial charge in [0.1, 0.15) is 0 Å². The molecule has 0 unspecified atom stereocenters. The van der Waals surface area contributed by atoms with Crippen LogP contribution in [0, 0.1) is 6.92 Å². The van der Waals surface area contributed by atoms with E-state index in [1.54, 1.807) is 12.1 Å². The zero-order valence-electron chi connectivity index (χ0n) is 10.0. The average Bonchev–Trinajstić information content (AvgIpc) is 2.25. The molecule has 1 aromatic rings. The Labute approximate surface area is 106 Å². The maximum Gasteiger partial charge on any atom is 0.297 e. The number of hydrogen-bond donors (Lipinski definition) is 2. The Balaban J connectivity index is 2.02. The van der Waals surface area contributed by atoms with Gasteiger partial charge in [-0.2, -0.15) is 8.42 Å². The van der Waals surface area contributed by atoms with Gasteiger partial charge in [-0.15, -0.1) is 0 Å². The fourth-order valence-electron chi connectivity index (χ4n) is 1.90. The largest absolute Gasteiger partial charge is 0.393 e. The summed E-state index contributed by atoms with van der Waals surface area (Å²) in [5.74, 6) is 0. The van der Waals surface area contributed by atoms with Crippen LogP contribution in [0.15, 0.2) is 29.2 Å². The van der Waals surface area contributed by atoms with Crippen molar-refractivity contribution < 1.29 is 22.8 Å². The first kappa shape index (κ1) is 13.5. The third-order valence-electron chi connectivity index (χ3n) is 3.02. The number of hydrogen-bond acceptors (Lipinski definition) is 5. The zero-order chi connectivity index (χ0) is 13.4. The van der Waals surface area contributed by atoms with E-state index in [1.165, 1.54) is 12.1 Å². The number of benzene rings is 1. The molecule has 1 aliphatic carbocycles. The van der Waals surface area contributed by atoms with E-state index in [0.717, 1.165) is 5.56 Å². The minimum atomic E-state index is -3.85. The molecule has 0 amide bonds. The summed E-state index contributed by atoms with van der Waals surface area (Å²) in [6, 6.07) is 6.28. The molecule has 0 bridgehead atoms. The molecule has 1 aliphatic rings. The quantitative estimate of drug-likeness (QED) is 0.784. The van der Waals surface area contributed by atoms with Crippen molar-refractivity contribution in [3.8, 4) is 0 Å². The van der Waals surface area contributed by atoms with Crippen LogP contribution in [0.2, 0.25) is 0 Å². The summed E-state index contributed by atoms with van der Waals surface area (Å²) in [6.07, 6.45) is -0.270. The Morgan fingerprint density at radius 3 is 2.39 bits per heavy atom. The van der Waals surface area contributed by atoms with Crippen molar-refractivity contribution >= 4 is 10.1 Å². The second kappa shape index (κ2) is 4.62. The highest BCUT2D eigenvalue weighted by Crippen LogP contribution is 2.33. The molecule has 0 saturated heterocycles. The van der Waals surface area contributed by atoms with Crippen molar-refractivity contribution in [1.82, 2.24) is 0 Å². The van der Waals surface area contributed by atoms with Crippen LogP contribution < -0.4 is 0 Å². The van der Waals surface area contributed by atoms with Crippen LogP contribution in [0.5, 0.6) is 0 Å². The van der Waals surface area contributed by atoms with Gasteiger partial charge in [-0.05, 0) is 19.1 Å². The molecule has 5 nitrogen and oxygen atoms in total. The molecule has 18 heavy (non-hydrogen) atoms. The van der Waals surface area contributed by atoms with E-state index < -0.39 is 21.8 Å². The van der Waals surface area contributed by atoms with Gasteiger partial charge in [0.25, 0.3) is 10.1 Å². The monoisotopic (exact) mass is 272 g/mol. The third-order valence-corrected chi connectivity index (χ3v) is 4.30. The van der Waals surface area contributed by atoms with Crippen LogP contribution in [0.1, 0.15) is 18.4 Å². The van der Waals surface area contributed by atoms with E-state index in [0.29, 0.717) is 0 Å². The summed E-state index contributed by atoms with van der Waals surface area (Å²) in [6.45, 7) is 1.54. The lowest BCUT2D eigenvalue weighted by Crippen LogP contribution is -2.50. The van der Waals surface area contributed by atoms with Gasteiger partial charge < -0.3 is 10.2 Å². The lowest BCUT2D eigenvalue weighted by molar-refractivity contribution is -0.132. The highest BCUT2D eigenvalue weighted by molar-refractivity contribution is 7.86. The molecular weight excluding hydrogens is 256 g/mol. The number of rotatable bonds is 4. The number of aryl methyl sites for hydroxylation is 1. The van der Waals surface area contributed by atoms with Crippen LogP contribution >= 0.6 is 0 Å². The summed E-state index contributed by atoms with van der Waals surface area (Å²) in [7, 11) is -3.85. The zero-order valence-corrected chi connectivity index (χ0v) is 10.9. The highest BCUT2D eigenvalue weighted by atomic mass is 32.2. The summed E-state index contributed by atoms with van der Waals surface area (Å²) in [5.41, 5.74) is -0.272. The molecule has 2 rings (SSSR count). The first-order chi connectivity index (χ1) is 8.31. The van der Waals surface area contributed by atoms with Crippen LogP contribution in [0.25, 0.3) is 0 Å². The minimum Gasteiger partial charge on any atom is -0.393 e. The van der Waals surface area contributed by atoms with Crippen molar-refractivity contribution in [2.24, 2.45) is 0 Å². The lowest BCUT2D eigenvalue weighted by atomic mass is 9.78. The fourth-order valence-corrected chi connectivity index (χ4v) is 2.88. The molecule has 100 valence electrons. The second-order valence-corrected chi connectivity index (χ2v) is 6.43. The average molecular weight is 272 g/mol. The van der Waals surface area contributed by atoms with Gasteiger partial charge in [-0.3, -0.25) is 4.18 Å². The van der Waals surface area contributed by atoms with Crippen LogP contribution in [-0.2, 0) is 14.3 Å². The number of aliphatic hydroxyl groups is 2. The van der Waals surface area contributed by atoms with Gasteiger partial charge >= 0.3 is 0 Å². The Morgan fingerprint density at radius 2 is 1.89 bits per heavy atom. The molecule has 1 aromatic carbocycles. The predicted molar refractivity (Wildman–Crippen MR) is 64.5 cm³/mol. The van der Waals surface area contributed by atoms with E-state index >= 15 is 0 Å². The second-order valence-electron chi connectivity index (χ2n) is 4.82. The summed E-state index contributed by atoms with van der Waals surface area (Å²) < 4.78 is 28.5. The molecule has 0 radical (unpaired) electrons. The van der Waals surface area contributed by atoms with E-state index in [-0.39, 0.29) is 24.3 Å². The molecule has 0 aliphatic heterocycles. The Hall–Kier alpha value is -0.950. The molecule has 0 atom stereocenters. The van der Waals surface area contributed by atoms with Gasteiger partial charge in [0.2, 0.25) is 0 Å². The smallest absolute Gasteiger partial charge is 0.297 e. The predicted octanol–water partition coefficient (Wildman–Crippen LogP) is 0.586. The van der Waals surface area contributed by atoms with Gasteiger partial charge in [0.15, 0.2) is 0 Å². The first-order valence-corrected chi connectivity index (χ1v) is 7.08. The molecule has 1 saturated carbocycles. The molecule has 1 fully saturated rings. The number of aliphatic hydroxyl groups excluding tert-OH is 1. The van der Waals surface area contributed by atoms with Gasteiger partial charge in [0.05, 0.1) is 23.2 Å². The first-order valence-electron chi connectivity index (χ1n) is 5.67. The van der Waals surface area contributed by atoms with Crippen molar-refractivity contribution in [2.45, 2.75) is 36.4 Å². The van der Waals surface area contributed by atoms with Gasteiger partial charge in [-0.25, -0.2) is 0 Å². The van der Waals surface area contributed by atoms with E-state index in [1.807, 2.05) is 6.92 Å². The third kappa shape index (κ3) is 2.89. The van der Waals surface area contributed by atoms with E-state index in [4.69, 9.17) is 9.29 Å². The normalized spacial score (nSPS) is 27.8. The molecule has 0 aromatic heterocycles. The standard InChI is InChI=1S/C12H16O5S/c1-9-2-4-11(5-3-9)18(15,16)17-8-12(14)6-10(13)7-12/h2-5,10,13-14H,6-8H2,1H3. The van der Waals surface area contributed by atoms with Gasteiger partial charge in [0, 0.05) is 12.8 Å². The fraction of sp³-hybridized carbons (Fsp3) is 0.500. The minimum absolute atomic E-state index is 0.0663. The molecular formula is C12H16O5S. The lowest BCUT2D eigenvalue weighted by Gasteiger charge is -2.39. The molecule has 0 heterocycles. The molecule has 0 spiro atoms. The van der Waals surface area contributed by atoms with Crippen molar-refractivity contribution in [3.63, 3.8) is 0 Å².